The minimum atomic E-state index is -0.519. The molecule has 0 unspecified atom stereocenters. The Bertz CT molecular complexity index is 698. The Labute approximate surface area is 143 Å². The quantitative estimate of drug-likeness (QED) is 0.906. The smallest absolute Gasteiger partial charge is 0.229 e. The number of rotatable bonds is 2. The first kappa shape index (κ1) is 16.9. The lowest BCUT2D eigenvalue weighted by molar-refractivity contribution is -0.149. The van der Waals surface area contributed by atoms with Crippen LogP contribution in [0.3, 0.4) is 0 Å². The van der Waals surface area contributed by atoms with Crippen LogP contribution < -0.4 is 5.32 Å². The normalized spacial score (nSPS) is 27.9. The minimum Gasteiger partial charge on any atom is -0.359 e. The van der Waals surface area contributed by atoms with E-state index in [9.17, 15) is 9.59 Å². The highest BCUT2D eigenvalue weighted by Crippen LogP contribution is 2.57. The molecule has 0 saturated heterocycles. The monoisotopic (exact) mass is 329 g/mol. The fraction of sp³-hybridized carbons (Fsp3) is 0.632. The zero-order valence-electron chi connectivity index (χ0n) is 15.3. The number of nitrogens with zero attached hydrogens (tertiary/aromatic N) is 2. The number of fused-ring (bicyclic) bond motifs is 1. The lowest BCUT2D eigenvalue weighted by Crippen LogP contribution is -2.49. The summed E-state index contributed by atoms with van der Waals surface area (Å²) in [6, 6.07) is 2.07. The molecule has 5 heteroatoms. The minimum absolute atomic E-state index is 0.0426. The summed E-state index contributed by atoms with van der Waals surface area (Å²) in [6.07, 6.45) is 3.39. The van der Waals surface area contributed by atoms with Crippen molar-refractivity contribution >= 4 is 11.8 Å². The summed E-state index contributed by atoms with van der Waals surface area (Å²) in [7, 11) is 1.67. The number of hydrogen-bond donors (Lipinski definition) is 1. The molecule has 2 aliphatic rings. The molecule has 2 heterocycles. The Hall–Kier alpha value is -1.91. The highest BCUT2D eigenvalue weighted by molar-refractivity contribution is 5.87. The van der Waals surface area contributed by atoms with Gasteiger partial charge < -0.3 is 10.2 Å². The van der Waals surface area contributed by atoms with Crippen molar-refractivity contribution in [2.45, 2.75) is 53.6 Å². The summed E-state index contributed by atoms with van der Waals surface area (Å²) in [5.41, 5.74) is 2.42. The van der Waals surface area contributed by atoms with Gasteiger partial charge in [0.2, 0.25) is 11.8 Å². The van der Waals surface area contributed by atoms with Crippen LogP contribution in [0.15, 0.2) is 12.3 Å². The number of aryl methyl sites for hydroxylation is 1. The molecule has 0 radical (unpaired) electrons. The Kier molecular flexibility index (Phi) is 3.93. The van der Waals surface area contributed by atoms with Crippen molar-refractivity contribution in [2.75, 3.05) is 7.05 Å². The molecule has 0 bridgehead atoms. The van der Waals surface area contributed by atoms with Crippen LogP contribution in [0.1, 0.15) is 50.4 Å². The zero-order chi connectivity index (χ0) is 17.7. The SMILES string of the molecule is CNC(=O)[C@H]1CC[C@@](C)(C(=O)N2Cc3cnc(C)cc3C2)C1(C)C. The maximum Gasteiger partial charge on any atom is 0.229 e. The molecule has 1 aromatic rings. The maximum atomic E-state index is 13.4. The molecule has 1 N–H and O–H groups in total. The van der Waals surface area contributed by atoms with E-state index < -0.39 is 5.41 Å². The molecular formula is C19H27N3O2. The van der Waals surface area contributed by atoms with Crippen LogP contribution >= 0.6 is 0 Å². The van der Waals surface area contributed by atoms with Crippen molar-refractivity contribution in [1.82, 2.24) is 15.2 Å². The molecular weight excluding hydrogens is 302 g/mol. The van der Waals surface area contributed by atoms with Gasteiger partial charge in [-0.1, -0.05) is 20.8 Å². The van der Waals surface area contributed by atoms with Gasteiger partial charge in [0.05, 0.1) is 5.41 Å². The van der Waals surface area contributed by atoms with Gasteiger partial charge in [-0.05, 0) is 42.4 Å². The third kappa shape index (κ3) is 2.33. The van der Waals surface area contributed by atoms with Gasteiger partial charge in [0.1, 0.15) is 0 Å². The van der Waals surface area contributed by atoms with Gasteiger partial charge >= 0.3 is 0 Å². The average Bonchev–Trinajstić information content (AvgIpc) is 3.05. The molecule has 1 fully saturated rings. The maximum absolute atomic E-state index is 13.4. The van der Waals surface area contributed by atoms with Crippen LogP contribution in [0.4, 0.5) is 0 Å². The molecule has 1 saturated carbocycles. The molecule has 2 amide bonds. The van der Waals surface area contributed by atoms with Crippen molar-refractivity contribution in [3.63, 3.8) is 0 Å². The molecule has 24 heavy (non-hydrogen) atoms. The largest absolute Gasteiger partial charge is 0.359 e. The van der Waals surface area contributed by atoms with E-state index in [-0.39, 0.29) is 23.1 Å². The van der Waals surface area contributed by atoms with Gasteiger partial charge in [-0.15, -0.1) is 0 Å². The van der Waals surface area contributed by atoms with E-state index in [1.165, 1.54) is 5.56 Å². The fourth-order valence-corrected chi connectivity index (χ4v) is 4.41. The van der Waals surface area contributed by atoms with Crippen LogP contribution in [0.2, 0.25) is 0 Å². The lowest BCUT2D eigenvalue weighted by Gasteiger charge is -2.41. The first-order chi connectivity index (χ1) is 11.2. The van der Waals surface area contributed by atoms with Gasteiger partial charge in [-0.3, -0.25) is 14.6 Å². The van der Waals surface area contributed by atoms with Crippen LogP contribution in [-0.2, 0) is 22.7 Å². The van der Waals surface area contributed by atoms with Crippen molar-refractivity contribution in [2.24, 2.45) is 16.7 Å². The summed E-state index contributed by atoms with van der Waals surface area (Å²) in [5, 5.41) is 2.76. The summed E-state index contributed by atoms with van der Waals surface area (Å²) >= 11 is 0. The van der Waals surface area contributed by atoms with Gasteiger partial charge in [-0.2, -0.15) is 0 Å². The van der Waals surface area contributed by atoms with E-state index >= 15 is 0 Å². The topological polar surface area (TPSA) is 62.3 Å². The number of aromatic nitrogens is 1. The van der Waals surface area contributed by atoms with Crippen LogP contribution in [-0.4, -0.2) is 28.7 Å². The van der Waals surface area contributed by atoms with E-state index in [0.717, 1.165) is 24.1 Å². The predicted molar refractivity (Wildman–Crippen MR) is 91.9 cm³/mol. The highest BCUT2D eigenvalue weighted by Gasteiger charge is 2.59. The molecule has 2 atom stereocenters. The van der Waals surface area contributed by atoms with E-state index in [1.807, 2.05) is 24.9 Å². The highest BCUT2D eigenvalue weighted by atomic mass is 16.2. The summed E-state index contributed by atoms with van der Waals surface area (Å²) in [6.45, 7) is 9.40. The molecule has 0 spiro atoms. The molecule has 3 rings (SSSR count). The lowest BCUT2D eigenvalue weighted by atomic mass is 9.64. The number of carbonyl (C=O) groups is 2. The van der Waals surface area contributed by atoms with E-state index in [2.05, 4.69) is 30.2 Å². The van der Waals surface area contributed by atoms with Gasteiger partial charge in [0, 0.05) is 37.9 Å². The van der Waals surface area contributed by atoms with E-state index in [0.29, 0.717) is 13.1 Å². The standard InChI is InChI=1S/C19H27N3O2/c1-12-8-13-10-22(11-14(13)9-21-12)17(24)19(4)7-6-15(16(23)20-5)18(19,2)3/h8-9,15H,6-7,10-11H2,1-5H3,(H,20,23)/t15-,19+/m1/s1. The first-order valence-electron chi connectivity index (χ1n) is 8.66. The molecule has 130 valence electrons. The molecule has 5 nitrogen and oxygen atoms in total. The van der Waals surface area contributed by atoms with Gasteiger partial charge in [0.25, 0.3) is 0 Å². The Morgan fingerprint density at radius 1 is 1.25 bits per heavy atom. The summed E-state index contributed by atoms with van der Waals surface area (Å²) < 4.78 is 0. The Balaban J connectivity index is 1.84. The number of amides is 2. The van der Waals surface area contributed by atoms with Crippen molar-refractivity contribution in [1.29, 1.82) is 0 Å². The fourth-order valence-electron chi connectivity index (χ4n) is 4.41. The molecule has 0 aromatic carbocycles. The van der Waals surface area contributed by atoms with Crippen LogP contribution in [0, 0.1) is 23.7 Å². The van der Waals surface area contributed by atoms with E-state index in [1.54, 1.807) is 7.05 Å². The Morgan fingerprint density at radius 2 is 1.92 bits per heavy atom. The predicted octanol–water partition coefficient (Wildman–Crippen LogP) is 2.42. The molecule has 1 aliphatic carbocycles. The molecule has 1 aromatic heterocycles. The van der Waals surface area contributed by atoms with Gasteiger partial charge in [0.15, 0.2) is 0 Å². The third-order valence-electron chi connectivity index (χ3n) is 6.49. The van der Waals surface area contributed by atoms with Crippen LogP contribution in [0.25, 0.3) is 0 Å². The summed E-state index contributed by atoms with van der Waals surface area (Å²) in [4.78, 5) is 31.9. The average molecular weight is 329 g/mol. The summed E-state index contributed by atoms with van der Waals surface area (Å²) in [5.74, 6) is 0.0825. The second kappa shape index (κ2) is 5.57. The zero-order valence-corrected chi connectivity index (χ0v) is 15.3. The number of carbonyl (C=O) groups excluding carboxylic acids is 2. The van der Waals surface area contributed by atoms with Crippen molar-refractivity contribution in [3.8, 4) is 0 Å². The first-order valence-corrected chi connectivity index (χ1v) is 8.66. The Morgan fingerprint density at radius 3 is 2.58 bits per heavy atom. The number of pyridine rings is 1. The second-order valence-electron chi connectivity index (χ2n) is 8.01. The number of nitrogens with one attached hydrogen (secondary N) is 1. The second-order valence-corrected chi connectivity index (χ2v) is 8.01. The van der Waals surface area contributed by atoms with Crippen molar-refractivity contribution < 1.29 is 9.59 Å². The van der Waals surface area contributed by atoms with E-state index in [4.69, 9.17) is 0 Å². The van der Waals surface area contributed by atoms with Gasteiger partial charge in [-0.25, -0.2) is 0 Å². The number of hydrogen-bond acceptors (Lipinski definition) is 3. The van der Waals surface area contributed by atoms with Crippen molar-refractivity contribution in [3.05, 3.63) is 29.1 Å². The molecule has 1 aliphatic heterocycles. The third-order valence-corrected chi connectivity index (χ3v) is 6.49. The van der Waals surface area contributed by atoms with Crippen LogP contribution in [0.5, 0.6) is 0 Å².